The smallest absolute Gasteiger partial charge is 0.242 e. The number of amides is 2. The van der Waals surface area contributed by atoms with Crippen molar-refractivity contribution in [1.29, 1.82) is 0 Å². The first-order valence-corrected chi connectivity index (χ1v) is 12.5. The van der Waals surface area contributed by atoms with E-state index in [0.29, 0.717) is 12.3 Å². The SMILES string of the molecule is COc1ccc(CN(C(=O)CSCc2cccc(C)c2)C(C)C(=O)NC2CCCC2)cc1. The van der Waals surface area contributed by atoms with Crippen LogP contribution in [0.1, 0.15) is 49.3 Å². The Morgan fingerprint density at radius 3 is 2.50 bits per heavy atom. The number of rotatable bonds is 10. The number of carbonyl (C=O) groups is 2. The molecule has 0 bridgehead atoms. The molecule has 0 spiro atoms. The Morgan fingerprint density at radius 2 is 1.84 bits per heavy atom. The quantitative estimate of drug-likeness (QED) is 0.565. The lowest BCUT2D eigenvalue weighted by atomic mass is 10.1. The number of nitrogens with zero attached hydrogens (tertiary/aromatic N) is 1. The van der Waals surface area contributed by atoms with Crippen molar-refractivity contribution in [2.24, 2.45) is 0 Å². The highest BCUT2D eigenvalue weighted by molar-refractivity contribution is 7.99. The zero-order valence-electron chi connectivity index (χ0n) is 19.3. The highest BCUT2D eigenvalue weighted by atomic mass is 32.2. The van der Waals surface area contributed by atoms with E-state index in [-0.39, 0.29) is 17.9 Å². The van der Waals surface area contributed by atoms with Gasteiger partial charge in [-0.05, 0) is 49.9 Å². The summed E-state index contributed by atoms with van der Waals surface area (Å²) >= 11 is 1.59. The van der Waals surface area contributed by atoms with Gasteiger partial charge in [0.05, 0.1) is 12.9 Å². The second-order valence-electron chi connectivity index (χ2n) is 8.52. The number of methoxy groups -OCH3 is 1. The number of hydrogen-bond donors (Lipinski definition) is 1. The maximum absolute atomic E-state index is 13.2. The van der Waals surface area contributed by atoms with Crippen molar-refractivity contribution in [3.05, 3.63) is 65.2 Å². The minimum atomic E-state index is -0.523. The first-order valence-electron chi connectivity index (χ1n) is 11.3. The minimum absolute atomic E-state index is 0.0208. The molecule has 3 rings (SSSR count). The van der Waals surface area contributed by atoms with Crippen molar-refractivity contribution in [3.8, 4) is 5.75 Å². The largest absolute Gasteiger partial charge is 0.497 e. The predicted molar refractivity (Wildman–Crippen MR) is 131 cm³/mol. The van der Waals surface area contributed by atoms with Gasteiger partial charge < -0.3 is 15.0 Å². The summed E-state index contributed by atoms with van der Waals surface area (Å²) < 4.78 is 5.24. The van der Waals surface area contributed by atoms with Crippen LogP contribution in [-0.4, -0.2) is 41.7 Å². The summed E-state index contributed by atoms with van der Waals surface area (Å²) in [5.74, 6) is 1.79. The van der Waals surface area contributed by atoms with Crippen LogP contribution < -0.4 is 10.1 Å². The molecular formula is C26H34N2O3S. The molecule has 0 aromatic heterocycles. The number of aryl methyl sites for hydroxylation is 1. The topological polar surface area (TPSA) is 58.6 Å². The van der Waals surface area contributed by atoms with Crippen LogP contribution in [0.5, 0.6) is 5.75 Å². The molecule has 6 heteroatoms. The molecule has 32 heavy (non-hydrogen) atoms. The van der Waals surface area contributed by atoms with Gasteiger partial charge in [0.25, 0.3) is 0 Å². The average molecular weight is 455 g/mol. The first kappa shape index (κ1) is 24.2. The summed E-state index contributed by atoms with van der Waals surface area (Å²) in [5, 5.41) is 3.15. The van der Waals surface area contributed by atoms with Crippen LogP contribution in [0.15, 0.2) is 48.5 Å². The molecule has 1 unspecified atom stereocenters. The molecule has 0 saturated heterocycles. The summed E-state index contributed by atoms with van der Waals surface area (Å²) in [6.45, 7) is 4.30. The van der Waals surface area contributed by atoms with Crippen LogP contribution >= 0.6 is 11.8 Å². The molecule has 5 nitrogen and oxygen atoms in total. The molecule has 1 fully saturated rings. The number of nitrogens with one attached hydrogen (secondary N) is 1. The summed E-state index contributed by atoms with van der Waals surface area (Å²) in [6, 6.07) is 15.7. The molecule has 1 aliphatic rings. The third-order valence-corrected chi connectivity index (χ3v) is 6.95. The fraction of sp³-hybridized carbons (Fsp3) is 0.462. The van der Waals surface area contributed by atoms with Crippen molar-refractivity contribution in [2.45, 2.75) is 63.9 Å². The van der Waals surface area contributed by atoms with Gasteiger partial charge in [0.1, 0.15) is 11.8 Å². The standard InChI is InChI=1S/C26H34N2O3S/c1-19-7-6-8-22(15-19)17-32-18-25(29)28(16-21-11-13-24(31-3)14-12-21)20(2)26(30)27-23-9-4-5-10-23/h6-8,11-15,20,23H,4-5,9-10,16-18H2,1-3H3,(H,27,30). The van der Waals surface area contributed by atoms with Gasteiger partial charge in [0.15, 0.2) is 0 Å². The first-order chi connectivity index (χ1) is 15.5. The van der Waals surface area contributed by atoms with Crippen LogP contribution in [0.25, 0.3) is 0 Å². The number of carbonyl (C=O) groups excluding carboxylic acids is 2. The molecular weight excluding hydrogens is 420 g/mol. The minimum Gasteiger partial charge on any atom is -0.497 e. The van der Waals surface area contributed by atoms with E-state index in [9.17, 15) is 9.59 Å². The van der Waals surface area contributed by atoms with E-state index >= 15 is 0 Å². The second kappa shape index (κ2) is 12.0. The normalized spacial score (nSPS) is 14.7. The van der Waals surface area contributed by atoms with E-state index in [0.717, 1.165) is 42.7 Å². The number of thioether (sulfide) groups is 1. The van der Waals surface area contributed by atoms with Crippen molar-refractivity contribution >= 4 is 23.6 Å². The third-order valence-electron chi connectivity index (χ3n) is 5.96. The lowest BCUT2D eigenvalue weighted by Gasteiger charge is -2.29. The van der Waals surface area contributed by atoms with Gasteiger partial charge in [-0.1, -0.05) is 54.8 Å². The van der Waals surface area contributed by atoms with Gasteiger partial charge in [0, 0.05) is 18.3 Å². The maximum atomic E-state index is 13.2. The van der Waals surface area contributed by atoms with E-state index in [1.807, 2.05) is 37.3 Å². The molecule has 0 heterocycles. The van der Waals surface area contributed by atoms with E-state index in [2.05, 4.69) is 30.4 Å². The molecule has 0 radical (unpaired) electrons. The highest BCUT2D eigenvalue weighted by Gasteiger charge is 2.28. The van der Waals surface area contributed by atoms with Gasteiger partial charge in [0.2, 0.25) is 11.8 Å². The Morgan fingerprint density at radius 1 is 1.12 bits per heavy atom. The van der Waals surface area contributed by atoms with Crippen LogP contribution in [0.2, 0.25) is 0 Å². The summed E-state index contributed by atoms with van der Waals surface area (Å²) in [4.78, 5) is 27.9. The molecule has 2 amide bonds. The molecule has 1 N–H and O–H groups in total. The average Bonchev–Trinajstić information content (AvgIpc) is 3.30. The van der Waals surface area contributed by atoms with E-state index < -0.39 is 6.04 Å². The second-order valence-corrected chi connectivity index (χ2v) is 9.50. The van der Waals surface area contributed by atoms with E-state index in [4.69, 9.17) is 4.74 Å². The van der Waals surface area contributed by atoms with Crippen LogP contribution in [0.3, 0.4) is 0 Å². The van der Waals surface area contributed by atoms with Crippen LogP contribution in [-0.2, 0) is 21.9 Å². The zero-order valence-corrected chi connectivity index (χ0v) is 20.1. The number of ether oxygens (including phenoxy) is 1. The van der Waals surface area contributed by atoms with Gasteiger partial charge in [-0.15, -0.1) is 11.8 Å². The van der Waals surface area contributed by atoms with Crippen molar-refractivity contribution in [2.75, 3.05) is 12.9 Å². The number of hydrogen-bond acceptors (Lipinski definition) is 4. The fourth-order valence-electron chi connectivity index (χ4n) is 4.04. The predicted octanol–water partition coefficient (Wildman–Crippen LogP) is 4.71. The Kier molecular flexibility index (Phi) is 9.03. The fourth-order valence-corrected chi connectivity index (χ4v) is 4.90. The zero-order chi connectivity index (χ0) is 22.9. The molecule has 172 valence electrons. The summed E-state index contributed by atoms with van der Waals surface area (Å²) in [5.41, 5.74) is 3.40. The molecule has 1 saturated carbocycles. The van der Waals surface area contributed by atoms with Gasteiger partial charge >= 0.3 is 0 Å². The summed E-state index contributed by atoms with van der Waals surface area (Å²) in [7, 11) is 1.63. The van der Waals surface area contributed by atoms with Crippen molar-refractivity contribution in [1.82, 2.24) is 10.2 Å². The Hall–Kier alpha value is -2.47. The third kappa shape index (κ3) is 7.02. The number of benzene rings is 2. The maximum Gasteiger partial charge on any atom is 0.242 e. The molecule has 1 aliphatic carbocycles. The Bertz CT molecular complexity index is 894. The Labute approximate surface area is 195 Å². The van der Waals surface area contributed by atoms with Crippen LogP contribution in [0, 0.1) is 6.92 Å². The highest BCUT2D eigenvalue weighted by Crippen LogP contribution is 2.20. The van der Waals surface area contributed by atoms with Crippen molar-refractivity contribution in [3.63, 3.8) is 0 Å². The Balaban J connectivity index is 1.65. The van der Waals surface area contributed by atoms with Gasteiger partial charge in [-0.2, -0.15) is 0 Å². The van der Waals surface area contributed by atoms with Crippen LogP contribution in [0.4, 0.5) is 0 Å². The van der Waals surface area contributed by atoms with Gasteiger partial charge in [-0.25, -0.2) is 0 Å². The molecule has 0 aliphatic heterocycles. The molecule has 1 atom stereocenters. The van der Waals surface area contributed by atoms with E-state index in [1.54, 1.807) is 23.8 Å². The van der Waals surface area contributed by atoms with E-state index in [1.165, 1.54) is 11.1 Å². The van der Waals surface area contributed by atoms with Gasteiger partial charge in [-0.3, -0.25) is 9.59 Å². The monoisotopic (exact) mass is 454 g/mol. The summed E-state index contributed by atoms with van der Waals surface area (Å²) in [6.07, 6.45) is 4.36. The van der Waals surface area contributed by atoms with Crippen molar-refractivity contribution < 1.29 is 14.3 Å². The lowest BCUT2D eigenvalue weighted by molar-refractivity contribution is -0.138. The molecule has 2 aromatic rings. The lowest BCUT2D eigenvalue weighted by Crippen LogP contribution is -2.50. The molecule has 2 aromatic carbocycles.